The lowest BCUT2D eigenvalue weighted by Gasteiger charge is -2.31. The van der Waals surface area contributed by atoms with Crippen LogP contribution in [0.4, 0.5) is 22.7 Å². The Balaban J connectivity index is 0.000000311. The van der Waals surface area contributed by atoms with E-state index in [4.69, 9.17) is 11.5 Å². The molecule has 2 saturated heterocycles. The van der Waals surface area contributed by atoms with Crippen molar-refractivity contribution in [2.24, 2.45) is 5.92 Å². The van der Waals surface area contributed by atoms with Crippen molar-refractivity contribution in [2.45, 2.75) is 154 Å². The molecular formula is C47H88ClN7Si4. The molecule has 5 rings (SSSR count). The molecule has 12 heteroatoms. The third kappa shape index (κ3) is 17.3. The van der Waals surface area contributed by atoms with Gasteiger partial charge in [-0.15, -0.1) is 0 Å². The van der Waals surface area contributed by atoms with Crippen molar-refractivity contribution in [1.82, 2.24) is 9.55 Å². The van der Waals surface area contributed by atoms with Crippen molar-refractivity contribution in [3.05, 3.63) is 65.2 Å². The van der Waals surface area contributed by atoms with Crippen molar-refractivity contribution < 1.29 is 16.9 Å². The minimum absolute atomic E-state index is 0. The number of nitrogen functional groups attached to an aromatic ring is 2. The van der Waals surface area contributed by atoms with Gasteiger partial charge in [0.2, 0.25) is 0 Å². The van der Waals surface area contributed by atoms with E-state index in [-0.39, 0.29) is 12.4 Å². The molecule has 1 aromatic heterocycles. The number of hydrogen-bond donors (Lipinski definition) is 2. The fourth-order valence-corrected chi connectivity index (χ4v) is 12.3. The average molecular weight is 899 g/mol. The second-order valence-corrected chi connectivity index (χ2v) is 46.4. The van der Waals surface area contributed by atoms with E-state index in [9.17, 15) is 0 Å². The number of quaternary nitrogens is 1. The lowest BCUT2D eigenvalue weighted by Crippen LogP contribution is -3.00. The highest BCUT2D eigenvalue weighted by atomic mass is 35.5. The minimum Gasteiger partial charge on any atom is -1.00 e. The topological polar surface area (TPSA) is 76.3 Å². The zero-order valence-electron chi connectivity index (χ0n) is 40.6. The molecule has 7 nitrogen and oxygen atoms in total. The molecule has 0 bridgehead atoms. The van der Waals surface area contributed by atoms with E-state index in [1.54, 1.807) is 0 Å². The van der Waals surface area contributed by atoms with Crippen LogP contribution in [0.1, 0.15) is 35.1 Å². The summed E-state index contributed by atoms with van der Waals surface area (Å²) in [6, 6.07) is 15.6. The van der Waals surface area contributed by atoms with Gasteiger partial charge >= 0.3 is 0 Å². The highest BCUT2D eigenvalue weighted by Crippen LogP contribution is 2.35. The number of imidazole rings is 1. The molecule has 0 amide bonds. The molecule has 2 atom stereocenters. The Morgan fingerprint density at radius 2 is 0.966 bits per heavy atom. The predicted molar refractivity (Wildman–Crippen MR) is 270 cm³/mol. The number of hydrogen-bond acceptors (Lipinski definition) is 5. The molecule has 0 saturated carbocycles. The third-order valence-corrected chi connectivity index (χ3v) is 19.6. The largest absolute Gasteiger partial charge is 1.00 e. The van der Waals surface area contributed by atoms with E-state index in [1.807, 2.05) is 12.5 Å². The summed E-state index contributed by atoms with van der Waals surface area (Å²) in [6.45, 7) is 35.2. The smallest absolute Gasteiger partial charge is 0.108 e. The molecule has 2 unspecified atom stereocenters. The highest BCUT2D eigenvalue weighted by Gasteiger charge is 2.33. The van der Waals surface area contributed by atoms with Crippen LogP contribution in [0.3, 0.4) is 0 Å². The summed E-state index contributed by atoms with van der Waals surface area (Å²) >= 11 is 0. The van der Waals surface area contributed by atoms with Crippen LogP contribution in [-0.2, 0) is 32.2 Å². The lowest BCUT2D eigenvalue weighted by molar-refractivity contribution is -0.893. The van der Waals surface area contributed by atoms with Crippen LogP contribution < -0.4 is 33.7 Å². The summed E-state index contributed by atoms with van der Waals surface area (Å²) in [5.41, 5.74) is 24.0. The normalized spacial score (nSPS) is 17.9. The third-order valence-electron chi connectivity index (χ3n) is 12.6. The molecular weight excluding hydrogens is 810 g/mol. The van der Waals surface area contributed by atoms with Crippen molar-refractivity contribution in [3.63, 3.8) is 0 Å². The zero-order chi connectivity index (χ0) is 43.3. The van der Waals surface area contributed by atoms with Gasteiger partial charge in [-0.3, -0.25) is 0 Å². The Hall–Kier alpha value is -2.03. The Morgan fingerprint density at radius 3 is 1.29 bits per heavy atom. The van der Waals surface area contributed by atoms with Gasteiger partial charge < -0.3 is 42.7 Å². The summed E-state index contributed by atoms with van der Waals surface area (Å²) in [5.74, 6) is 0.688. The van der Waals surface area contributed by atoms with E-state index >= 15 is 0 Å². The van der Waals surface area contributed by atoms with Gasteiger partial charge in [-0.05, 0) is 84.5 Å². The number of halogens is 1. The number of aryl methyl sites for hydroxylation is 4. The number of benzene rings is 2. The minimum atomic E-state index is -1.10. The van der Waals surface area contributed by atoms with Crippen LogP contribution in [0.5, 0.6) is 0 Å². The molecule has 334 valence electrons. The Bertz CT molecular complexity index is 1670. The first-order valence-corrected chi connectivity index (χ1v) is 37.6. The van der Waals surface area contributed by atoms with Gasteiger partial charge in [-0.25, -0.2) is 4.98 Å². The Labute approximate surface area is 373 Å². The summed E-state index contributed by atoms with van der Waals surface area (Å²) in [5, 5.41) is 0. The molecule has 0 radical (unpaired) electrons. The first-order chi connectivity index (χ1) is 26.7. The average Bonchev–Trinajstić information content (AvgIpc) is 3.88. The molecule has 4 N–H and O–H groups in total. The predicted octanol–water partition coefficient (Wildman–Crippen LogP) is 8.07. The van der Waals surface area contributed by atoms with Crippen molar-refractivity contribution in [1.29, 1.82) is 0 Å². The quantitative estimate of drug-likeness (QED) is 0.0816. The number of nitrogens with zero attached hydrogens (tertiary/aromatic N) is 5. The van der Waals surface area contributed by atoms with Crippen molar-refractivity contribution >= 4 is 55.0 Å². The van der Waals surface area contributed by atoms with Gasteiger partial charge in [-0.2, -0.15) is 0 Å². The summed E-state index contributed by atoms with van der Waals surface area (Å²) in [4.78, 5) is 9.41. The maximum absolute atomic E-state index is 6.73. The molecule has 0 aliphatic carbocycles. The maximum Gasteiger partial charge on any atom is 0.108 e. The van der Waals surface area contributed by atoms with Crippen molar-refractivity contribution in [3.8, 4) is 0 Å². The van der Waals surface area contributed by atoms with Gasteiger partial charge in [0.25, 0.3) is 0 Å². The number of aromatic nitrogens is 2. The molecule has 2 fully saturated rings. The highest BCUT2D eigenvalue weighted by molar-refractivity contribution is 6.77. The fraction of sp³-hybridized carbons (Fsp3) is 0.681. The van der Waals surface area contributed by atoms with E-state index in [0.717, 1.165) is 67.7 Å². The summed E-state index contributed by atoms with van der Waals surface area (Å²) < 4.78 is 3.27. The number of likely N-dealkylation sites (N-methyl/N-ethyl adjacent to an activating group) is 1. The molecule has 3 aromatic rings. The number of anilines is 4. The molecule has 3 heterocycles. The Kier molecular flexibility index (Phi) is 18.2. The van der Waals surface area contributed by atoms with Crippen molar-refractivity contribution in [2.75, 3.05) is 68.6 Å². The number of rotatable bonds is 17. The monoisotopic (exact) mass is 898 g/mol. The second kappa shape index (κ2) is 20.9. The van der Waals surface area contributed by atoms with E-state index in [0.29, 0.717) is 12.0 Å². The molecule has 2 aliphatic rings. The van der Waals surface area contributed by atoms with E-state index in [2.05, 4.69) is 150 Å². The molecule has 2 aromatic carbocycles. The first kappa shape index (κ1) is 51.3. The van der Waals surface area contributed by atoms with E-state index in [1.165, 1.54) is 77.2 Å². The van der Waals surface area contributed by atoms with Gasteiger partial charge in [0.05, 0.1) is 34.0 Å². The summed E-state index contributed by atoms with van der Waals surface area (Å²) in [6.07, 6.45) is 13.0. The van der Waals surface area contributed by atoms with E-state index < -0.39 is 32.3 Å². The lowest BCUT2D eigenvalue weighted by atomic mass is 10.0. The van der Waals surface area contributed by atoms with Gasteiger partial charge in [-0.1, -0.05) is 103 Å². The van der Waals surface area contributed by atoms with Crippen LogP contribution in [0.15, 0.2) is 43.0 Å². The molecule has 59 heavy (non-hydrogen) atoms. The number of nitrogens with two attached hydrogens (primary N) is 2. The maximum atomic E-state index is 6.73. The van der Waals surface area contributed by atoms with Gasteiger partial charge in [0, 0.05) is 100 Å². The first-order valence-electron chi connectivity index (χ1n) is 22.8. The fourth-order valence-electron chi connectivity index (χ4n) is 8.27. The van der Waals surface area contributed by atoms with Crippen LogP contribution in [0, 0.1) is 5.92 Å². The van der Waals surface area contributed by atoms with Crippen LogP contribution >= 0.6 is 0 Å². The standard InChI is InChI=1S/C24H42N4Si2.C23H46N3Si2.ClH/c1-29(2,3)13-8-21-15-23(16-22(24(21)25)9-14-30(4,5)6)28-11-7-20(18-28)17-27-12-10-26-19-27;1-26(2,3)22-10-13-25(18-22)21-16-19(11-14-27(4,5)6)23(24)20(17-21)12-15-28(7,8)9;/h10,12,15-16,19-20H,7-9,11,13-14,17-18,25H2,1-6H3;16-17,22H,10-15,18,24H2,1-9H3;1H/q;+1;/p-1. The molecule has 2 aliphatic heterocycles. The van der Waals surface area contributed by atoms with Crippen LogP contribution in [0.25, 0.3) is 0 Å². The SMILES string of the molecule is C[N+](C)(C)C1CCN(c2cc(CC[Si](C)(C)C)c(N)c(CC[Si](C)(C)C)c2)C1.C[Si](C)(C)CCc1cc(N2CCC(Cn3ccnc3)C2)cc(CC[Si](C)(C)C)c1N.[Cl-]. The van der Waals surface area contributed by atoms with Gasteiger partial charge in [0.15, 0.2) is 0 Å². The Morgan fingerprint density at radius 1 is 0.593 bits per heavy atom. The summed E-state index contributed by atoms with van der Waals surface area (Å²) in [7, 11) is 2.64. The van der Waals surface area contributed by atoms with Crippen LogP contribution in [0.2, 0.25) is 103 Å². The zero-order valence-corrected chi connectivity index (χ0v) is 45.3. The van der Waals surface area contributed by atoms with Gasteiger partial charge in [0.1, 0.15) is 6.04 Å². The van der Waals surface area contributed by atoms with Crippen LogP contribution in [-0.4, -0.2) is 99.7 Å². The second-order valence-electron chi connectivity index (χ2n) is 24.0. The molecule has 0 spiro atoms.